The lowest BCUT2D eigenvalue weighted by Crippen LogP contribution is -2.34. The number of benzene rings is 1. The molecule has 1 aromatic carbocycles. The molecule has 0 bridgehead atoms. The fraction of sp³-hybridized carbons (Fsp3) is 0.357. The molecule has 4 nitrogen and oxygen atoms in total. The molecule has 0 aliphatic carbocycles. The van der Waals surface area contributed by atoms with Gasteiger partial charge in [0.25, 0.3) is 0 Å². The van der Waals surface area contributed by atoms with Crippen LogP contribution in [0.15, 0.2) is 35.1 Å². The summed E-state index contributed by atoms with van der Waals surface area (Å²) in [6.07, 6.45) is 3.38. The number of nitrogens with zero attached hydrogens (tertiary/aromatic N) is 3. The Balaban J connectivity index is 1.95. The van der Waals surface area contributed by atoms with Crippen LogP contribution < -0.4 is 4.90 Å². The lowest BCUT2D eigenvalue weighted by Gasteiger charge is -2.31. The summed E-state index contributed by atoms with van der Waals surface area (Å²) in [5.41, 5.74) is 2.04. The van der Waals surface area contributed by atoms with Crippen molar-refractivity contribution in [1.82, 2.24) is 9.55 Å². The predicted octanol–water partition coefficient (Wildman–Crippen LogP) is 2.72. The molecule has 0 radical (unpaired) electrons. The van der Waals surface area contributed by atoms with Gasteiger partial charge in [-0.3, -0.25) is 0 Å². The summed E-state index contributed by atoms with van der Waals surface area (Å²) < 4.78 is 3.17. The van der Waals surface area contributed by atoms with E-state index >= 15 is 0 Å². The van der Waals surface area contributed by atoms with Crippen molar-refractivity contribution in [2.75, 3.05) is 11.4 Å². The van der Waals surface area contributed by atoms with Gasteiger partial charge >= 0.3 is 0 Å². The maximum Gasteiger partial charge on any atom is 0.128 e. The summed E-state index contributed by atoms with van der Waals surface area (Å²) in [5, 5.41) is 9.95. The molecule has 0 fully saturated rings. The molecule has 5 heteroatoms. The van der Waals surface area contributed by atoms with Crippen LogP contribution in [0, 0.1) is 0 Å². The first-order valence-corrected chi connectivity index (χ1v) is 7.17. The zero-order chi connectivity index (χ0) is 13.4. The number of anilines is 1. The second-order valence-electron chi connectivity index (χ2n) is 4.84. The lowest BCUT2D eigenvalue weighted by atomic mass is 10.1. The molecular formula is C14H16BrN3O. The molecule has 19 heavy (non-hydrogen) atoms. The standard InChI is InChI=1S/C14H16BrN3O/c1-10(19)12-8-11(15)2-3-13(12)18-7-6-17-5-4-16-14(17)9-18/h2-5,8,10,19H,6-7,9H2,1H3. The van der Waals surface area contributed by atoms with Crippen molar-refractivity contribution >= 4 is 21.6 Å². The molecule has 100 valence electrons. The number of rotatable bonds is 2. The zero-order valence-electron chi connectivity index (χ0n) is 10.8. The minimum absolute atomic E-state index is 0.478. The summed E-state index contributed by atoms with van der Waals surface area (Å²) in [7, 11) is 0. The fourth-order valence-electron chi connectivity index (χ4n) is 2.53. The predicted molar refractivity (Wildman–Crippen MR) is 78.1 cm³/mol. The largest absolute Gasteiger partial charge is 0.389 e. The van der Waals surface area contributed by atoms with E-state index in [2.05, 4.69) is 36.4 Å². The van der Waals surface area contributed by atoms with Gasteiger partial charge in [-0.15, -0.1) is 0 Å². The maximum absolute atomic E-state index is 9.95. The van der Waals surface area contributed by atoms with Crippen LogP contribution in [0.2, 0.25) is 0 Å². The minimum Gasteiger partial charge on any atom is -0.389 e. The molecule has 1 aliphatic heterocycles. The molecule has 3 rings (SSSR count). The van der Waals surface area contributed by atoms with E-state index in [1.54, 1.807) is 6.92 Å². The van der Waals surface area contributed by atoms with Crippen LogP contribution in [-0.2, 0) is 13.1 Å². The van der Waals surface area contributed by atoms with Gasteiger partial charge in [0, 0.05) is 41.2 Å². The van der Waals surface area contributed by atoms with E-state index in [4.69, 9.17) is 0 Å². The van der Waals surface area contributed by atoms with Crippen molar-refractivity contribution in [2.24, 2.45) is 0 Å². The summed E-state index contributed by atoms with van der Waals surface area (Å²) in [5.74, 6) is 1.07. The molecule has 2 aromatic rings. The smallest absolute Gasteiger partial charge is 0.128 e. The van der Waals surface area contributed by atoms with Gasteiger partial charge < -0.3 is 14.6 Å². The van der Waals surface area contributed by atoms with E-state index in [1.807, 2.05) is 24.5 Å². The Kier molecular flexibility index (Phi) is 3.33. The molecule has 1 atom stereocenters. The number of halogens is 1. The second-order valence-corrected chi connectivity index (χ2v) is 5.75. The summed E-state index contributed by atoms with van der Waals surface area (Å²) in [6, 6.07) is 6.06. The van der Waals surface area contributed by atoms with Crippen molar-refractivity contribution in [3.05, 3.63) is 46.5 Å². The summed E-state index contributed by atoms with van der Waals surface area (Å²) >= 11 is 3.46. The zero-order valence-corrected chi connectivity index (χ0v) is 12.3. The average molecular weight is 322 g/mol. The van der Waals surface area contributed by atoms with Gasteiger partial charge in [0.2, 0.25) is 0 Å². The van der Waals surface area contributed by atoms with Crippen molar-refractivity contribution in [3.8, 4) is 0 Å². The van der Waals surface area contributed by atoms with Gasteiger partial charge in [-0.2, -0.15) is 0 Å². The van der Waals surface area contributed by atoms with E-state index < -0.39 is 6.10 Å². The Bertz CT molecular complexity index is 594. The number of hydrogen-bond acceptors (Lipinski definition) is 3. The highest BCUT2D eigenvalue weighted by Gasteiger charge is 2.20. The molecule has 0 amide bonds. The molecule has 0 saturated carbocycles. The van der Waals surface area contributed by atoms with Crippen molar-refractivity contribution in [2.45, 2.75) is 26.1 Å². The first-order valence-electron chi connectivity index (χ1n) is 6.37. The Morgan fingerprint density at radius 2 is 2.21 bits per heavy atom. The third kappa shape index (κ3) is 2.40. The van der Waals surface area contributed by atoms with Gasteiger partial charge in [-0.25, -0.2) is 4.98 Å². The fourth-order valence-corrected chi connectivity index (χ4v) is 2.91. The van der Waals surface area contributed by atoms with E-state index in [0.717, 1.165) is 41.2 Å². The van der Waals surface area contributed by atoms with Crippen LogP contribution in [0.5, 0.6) is 0 Å². The van der Waals surface area contributed by atoms with Crippen molar-refractivity contribution in [1.29, 1.82) is 0 Å². The van der Waals surface area contributed by atoms with Gasteiger partial charge in [0.15, 0.2) is 0 Å². The normalized spacial score (nSPS) is 16.3. The molecule has 0 spiro atoms. The van der Waals surface area contributed by atoms with E-state index in [1.165, 1.54) is 0 Å². The van der Waals surface area contributed by atoms with Crippen LogP contribution in [0.3, 0.4) is 0 Å². The Labute approximate surface area is 120 Å². The highest BCUT2D eigenvalue weighted by Crippen LogP contribution is 2.31. The van der Waals surface area contributed by atoms with Crippen molar-refractivity contribution < 1.29 is 5.11 Å². The first-order chi connectivity index (χ1) is 9.15. The topological polar surface area (TPSA) is 41.3 Å². The van der Waals surface area contributed by atoms with Crippen LogP contribution in [0.4, 0.5) is 5.69 Å². The first kappa shape index (κ1) is 12.7. The molecule has 1 unspecified atom stereocenters. The average Bonchev–Trinajstić information content (AvgIpc) is 2.85. The van der Waals surface area contributed by atoms with Crippen LogP contribution in [0.25, 0.3) is 0 Å². The number of imidazole rings is 1. The molecule has 1 aliphatic rings. The molecular weight excluding hydrogens is 306 g/mol. The summed E-state index contributed by atoms with van der Waals surface area (Å²) in [6.45, 7) is 4.46. The third-order valence-electron chi connectivity index (χ3n) is 3.53. The van der Waals surface area contributed by atoms with E-state index in [9.17, 15) is 5.11 Å². The van der Waals surface area contributed by atoms with Crippen molar-refractivity contribution in [3.63, 3.8) is 0 Å². The number of aliphatic hydroxyl groups is 1. The Morgan fingerprint density at radius 3 is 3.00 bits per heavy atom. The molecule has 0 saturated heterocycles. The number of aromatic nitrogens is 2. The van der Waals surface area contributed by atoms with Crippen LogP contribution in [-0.4, -0.2) is 21.2 Å². The Morgan fingerprint density at radius 1 is 1.37 bits per heavy atom. The molecule has 1 N–H and O–H groups in total. The van der Waals surface area contributed by atoms with E-state index in [0.29, 0.717) is 0 Å². The van der Waals surface area contributed by atoms with Gasteiger partial charge in [-0.05, 0) is 25.1 Å². The number of fused-ring (bicyclic) bond motifs is 1. The minimum atomic E-state index is -0.478. The van der Waals surface area contributed by atoms with E-state index in [-0.39, 0.29) is 0 Å². The lowest BCUT2D eigenvalue weighted by molar-refractivity contribution is 0.199. The highest BCUT2D eigenvalue weighted by atomic mass is 79.9. The molecule has 1 aromatic heterocycles. The quantitative estimate of drug-likeness (QED) is 0.924. The van der Waals surface area contributed by atoms with Gasteiger partial charge in [0.1, 0.15) is 5.82 Å². The van der Waals surface area contributed by atoms with Crippen LogP contribution in [0.1, 0.15) is 24.4 Å². The third-order valence-corrected chi connectivity index (χ3v) is 4.02. The molecule has 2 heterocycles. The highest BCUT2D eigenvalue weighted by molar-refractivity contribution is 9.10. The SMILES string of the molecule is CC(O)c1cc(Br)ccc1N1CCn2ccnc2C1. The monoisotopic (exact) mass is 321 g/mol. The maximum atomic E-state index is 9.95. The van der Waals surface area contributed by atoms with Crippen LogP contribution >= 0.6 is 15.9 Å². The summed E-state index contributed by atoms with van der Waals surface area (Å²) in [4.78, 5) is 6.65. The second kappa shape index (κ2) is 4.98. The van der Waals surface area contributed by atoms with Gasteiger partial charge in [-0.1, -0.05) is 15.9 Å². The number of hydrogen-bond donors (Lipinski definition) is 1. The van der Waals surface area contributed by atoms with Gasteiger partial charge in [0.05, 0.1) is 12.6 Å². The Hall–Kier alpha value is -1.33. The number of aliphatic hydroxyl groups excluding tert-OH is 1.